The van der Waals surface area contributed by atoms with Crippen LogP contribution in [0.1, 0.15) is 32.6 Å². The normalized spacial score (nSPS) is 13.0. The molecule has 0 amide bonds. The number of hydrogen-bond donors (Lipinski definition) is 0. The van der Waals surface area contributed by atoms with Gasteiger partial charge in [0.2, 0.25) is 0 Å². The fourth-order valence-electron chi connectivity index (χ4n) is 1.06. The zero-order valence-electron chi connectivity index (χ0n) is 6.78. The van der Waals surface area contributed by atoms with Crippen LogP contribution >= 0.6 is 11.6 Å². The lowest BCUT2D eigenvalue weighted by molar-refractivity contribution is 0.496. The molecule has 0 bridgehead atoms. The molecule has 0 saturated carbocycles. The zero-order chi connectivity index (χ0) is 7.82. The van der Waals surface area contributed by atoms with E-state index < -0.39 is 0 Å². The lowest BCUT2D eigenvalue weighted by Gasteiger charge is -2.09. The predicted molar refractivity (Wildman–Crippen MR) is 48.5 cm³/mol. The summed E-state index contributed by atoms with van der Waals surface area (Å²) in [4.78, 5) is 0. The zero-order valence-corrected chi connectivity index (χ0v) is 7.53. The molecular weight excluding hydrogens is 144 g/mol. The van der Waals surface area contributed by atoms with E-state index in [1.165, 1.54) is 19.3 Å². The topological polar surface area (TPSA) is 0 Å². The minimum atomic E-state index is 0.713. The van der Waals surface area contributed by atoms with Gasteiger partial charge in [-0.05, 0) is 25.2 Å². The van der Waals surface area contributed by atoms with Crippen molar-refractivity contribution in [2.45, 2.75) is 32.6 Å². The minimum Gasteiger partial charge on any atom is -0.126 e. The van der Waals surface area contributed by atoms with Crippen LogP contribution in [0.3, 0.4) is 0 Å². The molecule has 0 spiro atoms. The van der Waals surface area contributed by atoms with Crippen LogP contribution in [0.5, 0.6) is 0 Å². The largest absolute Gasteiger partial charge is 0.126 e. The first kappa shape index (κ1) is 10.0. The summed E-state index contributed by atoms with van der Waals surface area (Å²) in [6, 6.07) is 0. The van der Waals surface area contributed by atoms with Gasteiger partial charge in [0.25, 0.3) is 0 Å². The van der Waals surface area contributed by atoms with E-state index in [4.69, 9.17) is 11.6 Å². The average Bonchev–Trinajstić information content (AvgIpc) is 1.98. The Labute approximate surface area is 69.3 Å². The van der Waals surface area contributed by atoms with Gasteiger partial charge in [-0.2, -0.15) is 0 Å². The maximum Gasteiger partial charge on any atom is 0.0251 e. The third-order valence-electron chi connectivity index (χ3n) is 1.69. The molecule has 0 rings (SSSR count). The molecule has 0 fully saturated rings. The van der Waals surface area contributed by atoms with Gasteiger partial charge in [0, 0.05) is 5.88 Å². The Morgan fingerprint density at radius 3 is 2.60 bits per heavy atom. The molecule has 0 saturated heterocycles. The van der Waals surface area contributed by atoms with Crippen LogP contribution in [0, 0.1) is 5.92 Å². The number of hydrogen-bond acceptors (Lipinski definition) is 0. The third-order valence-corrected chi connectivity index (χ3v) is 2.13. The Bertz CT molecular complexity index is 78.8. The standard InChI is InChI=1S/C9H17Cl/c1-3-5-7-9(8-10)6-4-2/h3,9H,1,4-8H2,2H3. The van der Waals surface area contributed by atoms with Gasteiger partial charge in [0.15, 0.2) is 0 Å². The maximum absolute atomic E-state index is 5.75. The van der Waals surface area contributed by atoms with Crippen molar-refractivity contribution in [2.24, 2.45) is 5.92 Å². The summed E-state index contributed by atoms with van der Waals surface area (Å²) in [6.45, 7) is 5.89. The van der Waals surface area contributed by atoms with Gasteiger partial charge >= 0.3 is 0 Å². The second-order valence-corrected chi connectivity index (χ2v) is 2.98. The molecule has 1 atom stereocenters. The van der Waals surface area contributed by atoms with Crippen LogP contribution in [0.25, 0.3) is 0 Å². The summed E-state index contributed by atoms with van der Waals surface area (Å²) in [6.07, 6.45) is 6.79. The lowest BCUT2D eigenvalue weighted by Crippen LogP contribution is -2.00. The molecule has 0 radical (unpaired) electrons. The Balaban J connectivity index is 3.29. The number of rotatable bonds is 6. The summed E-state index contributed by atoms with van der Waals surface area (Å²) in [5, 5.41) is 0. The highest BCUT2D eigenvalue weighted by atomic mass is 35.5. The van der Waals surface area contributed by atoms with E-state index in [9.17, 15) is 0 Å². The molecule has 0 aliphatic carbocycles. The number of allylic oxidation sites excluding steroid dienone is 1. The van der Waals surface area contributed by atoms with Crippen LogP contribution in [0.2, 0.25) is 0 Å². The van der Waals surface area contributed by atoms with Crippen molar-refractivity contribution < 1.29 is 0 Å². The van der Waals surface area contributed by atoms with Gasteiger partial charge in [-0.15, -0.1) is 18.2 Å². The van der Waals surface area contributed by atoms with Crippen LogP contribution in [-0.4, -0.2) is 5.88 Å². The molecule has 0 nitrogen and oxygen atoms in total. The summed E-state index contributed by atoms with van der Waals surface area (Å²) in [7, 11) is 0. The summed E-state index contributed by atoms with van der Waals surface area (Å²) >= 11 is 5.75. The van der Waals surface area contributed by atoms with Gasteiger partial charge in [-0.1, -0.05) is 19.4 Å². The smallest absolute Gasteiger partial charge is 0.0251 e. The van der Waals surface area contributed by atoms with E-state index in [0.717, 1.165) is 12.3 Å². The summed E-state index contributed by atoms with van der Waals surface area (Å²) < 4.78 is 0. The van der Waals surface area contributed by atoms with E-state index >= 15 is 0 Å². The van der Waals surface area contributed by atoms with E-state index in [0.29, 0.717) is 5.92 Å². The van der Waals surface area contributed by atoms with E-state index in [2.05, 4.69) is 13.5 Å². The molecular formula is C9H17Cl. The number of alkyl halides is 1. The molecule has 0 aliphatic heterocycles. The molecule has 0 aromatic heterocycles. The molecule has 0 aliphatic rings. The van der Waals surface area contributed by atoms with Crippen molar-refractivity contribution >= 4 is 11.6 Å². The molecule has 0 heterocycles. The van der Waals surface area contributed by atoms with Crippen molar-refractivity contribution in [1.29, 1.82) is 0 Å². The van der Waals surface area contributed by atoms with Crippen LogP contribution in [0.15, 0.2) is 12.7 Å². The van der Waals surface area contributed by atoms with E-state index in [-0.39, 0.29) is 0 Å². The molecule has 0 aromatic rings. The van der Waals surface area contributed by atoms with Gasteiger partial charge in [-0.3, -0.25) is 0 Å². The number of halogens is 1. The Hall–Kier alpha value is 0.0300. The first-order valence-electron chi connectivity index (χ1n) is 4.02. The highest BCUT2D eigenvalue weighted by molar-refractivity contribution is 6.18. The Kier molecular flexibility index (Phi) is 7.16. The van der Waals surface area contributed by atoms with Crippen molar-refractivity contribution in [1.82, 2.24) is 0 Å². The van der Waals surface area contributed by atoms with Gasteiger partial charge < -0.3 is 0 Å². The molecule has 0 N–H and O–H groups in total. The SMILES string of the molecule is C=CCCC(CCl)CCC. The van der Waals surface area contributed by atoms with Crippen molar-refractivity contribution in [3.63, 3.8) is 0 Å². The first-order valence-corrected chi connectivity index (χ1v) is 4.55. The second kappa shape index (κ2) is 7.14. The fourth-order valence-corrected chi connectivity index (χ4v) is 1.37. The van der Waals surface area contributed by atoms with Crippen molar-refractivity contribution in [3.8, 4) is 0 Å². The molecule has 1 unspecified atom stereocenters. The summed E-state index contributed by atoms with van der Waals surface area (Å²) in [5.74, 6) is 1.52. The first-order chi connectivity index (χ1) is 4.85. The third kappa shape index (κ3) is 4.87. The van der Waals surface area contributed by atoms with E-state index in [1.807, 2.05) is 6.08 Å². The van der Waals surface area contributed by atoms with Crippen LogP contribution in [-0.2, 0) is 0 Å². The lowest BCUT2D eigenvalue weighted by atomic mass is 10.0. The summed E-state index contributed by atoms with van der Waals surface area (Å²) in [5.41, 5.74) is 0. The predicted octanol–water partition coefficient (Wildman–Crippen LogP) is 3.61. The maximum atomic E-state index is 5.75. The highest BCUT2D eigenvalue weighted by Crippen LogP contribution is 2.14. The van der Waals surface area contributed by atoms with Crippen molar-refractivity contribution in [2.75, 3.05) is 5.88 Å². The monoisotopic (exact) mass is 160 g/mol. The Morgan fingerprint density at radius 1 is 1.50 bits per heavy atom. The van der Waals surface area contributed by atoms with E-state index in [1.54, 1.807) is 0 Å². The molecule has 10 heavy (non-hydrogen) atoms. The fraction of sp³-hybridized carbons (Fsp3) is 0.778. The second-order valence-electron chi connectivity index (χ2n) is 2.68. The average molecular weight is 161 g/mol. The molecule has 0 aromatic carbocycles. The van der Waals surface area contributed by atoms with Gasteiger partial charge in [0.05, 0.1) is 0 Å². The molecule has 1 heteroatoms. The van der Waals surface area contributed by atoms with Gasteiger partial charge in [-0.25, -0.2) is 0 Å². The highest BCUT2D eigenvalue weighted by Gasteiger charge is 2.03. The van der Waals surface area contributed by atoms with Crippen molar-refractivity contribution in [3.05, 3.63) is 12.7 Å². The van der Waals surface area contributed by atoms with Crippen LogP contribution < -0.4 is 0 Å². The minimum absolute atomic E-state index is 0.713. The molecule has 60 valence electrons. The van der Waals surface area contributed by atoms with Gasteiger partial charge in [0.1, 0.15) is 0 Å². The quantitative estimate of drug-likeness (QED) is 0.412. The van der Waals surface area contributed by atoms with Crippen LogP contribution in [0.4, 0.5) is 0 Å². The Morgan fingerprint density at radius 2 is 2.20 bits per heavy atom.